The van der Waals surface area contributed by atoms with Crippen molar-refractivity contribution < 1.29 is 14.6 Å². The van der Waals surface area contributed by atoms with E-state index in [1.807, 2.05) is 6.92 Å². The number of hydrogen-bond acceptors (Lipinski definition) is 5. The van der Waals surface area contributed by atoms with E-state index < -0.39 is 0 Å². The minimum Gasteiger partial charge on any atom is -0.502 e. The van der Waals surface area contributed by atoms with Crippen LogP contribution in [-0.2, 0) is 6.54 Å². The van der Waals surface area contributed by atoms with Crippen LogP contribution in [0.15, 0.2) is 17.1 Å². The normalized spacial score (nSPS) is 11.6. The summed E-state index contributed by atoms with van der Waals surface area (Å²) in [5.41, 5.74) is 0.893. The molecule has 0 amide bonds. The van der Waals surface area contributed by atoms with Crippen molar-refractivity contribution in [3.8, 4) is 17.2 Å². The molecule has 0 aromatic heterocycles. The van der Waals surface area contributed by atoms with Crippen molar-refractivity contribution in [2.75, 3.05) is 33.9 Å². The summed E-state index contributed by atoms with van der Waals surface area (Å²) in [5.74, 6) is 1.51. The Morgan fingerprint density at radius 2 is 1.61 bits per heavy atom. The van der Waals surface area contributed by atoms with Crippen LogP contribution in [0.1, 0.15) is 40.2 Å². The van der Waals surface area contributed by atoms with Crippen LogP contribution in [0.3, 0.4) is 0 Å². The number of halogens is 1. The average molecular weight is 508 g/mol. The first kappa shape index (κ1) is 26.6. The van der Waals surface area contributed by atoms with Gasteiger partial charge in [0.2, 0.25) is 5.75 Å². The number of nitrogens with zero attached hydrogens (tertiary/aromatic N) is 2. The van der Waals surface area contributed by atoms with Crippen molar-refractivity contribution in [1.82, 2.24) is 15.5 Å². The predicted molar refractivity (Wildman–Crippen MR) is 126 cm³/mol. The number of rotatable bonds is 10. The second kappa shape index (κ2) is 13.7. The number of methoxy groups -OCH3 is 2. The van der Waals surface area contributed by atoms with Gasteiger partial charge in [0.15, 0.2) is 17.5 Å². The first-order chi connectivity index (χ1) is 12.8. The van der Waals surface area contributed by atoms with Gasteiger partial charge >= 0.3 is 0 Å². The predicted octanol–water partition coefficient (Wildman–Crippen LogP) is 3.20. The summed E-state index contributed by atoms with van der Waals surface area (Å²) in [6.45, 7) is 13.9. The lowest BCUT2D eigenvalue weighted by molar-refractivity contribution is 0.178. The number of nitrogens with one attached hydrogen (secondary N) is 2. The van der Waals surface area contributed by atoms with E-state index in [9.17, 15) is 5.11 Å². The molecule has 0 fully saturated rings. The number of phenolic OH excluding ortho intramolecular Hbond substituents is 1. The van der Waals surface area contributed by atoms with Crippen LogP contribution in [-0.4, -0.2) is 61.9 Å². The van der Waals surface area contributed by atoms with E-state index in [2.05, 4.69) is 48.2 Å². The summed E-state index contributed by atoms with van der Waals surface area (Å²) in [7, 11) is 3.03. The first-order valence-corrected chi connectivity index (χ1v) is 9.55. The monoisotopic (exact) mass is 508 g/mol. The number of guanidine groups is 1. The third kappa shape index (κ3) is 8.30. The van der Waals surface area contributed by atoms with Gasteiger partial charge in [0.25, 0.3) is 0 Å². The Bertz CT molecular complexity index is 576. The Hall–Kier alpha value is -1.42. The zero-order chi connectivity index (χ0) is 20.4. The third-order valence-electron chi connectivity index (χ3n) is 4.29. The summed E-state index contributed by atoms with van der Waals surface area (Å²) in [5, 5.41) is 16.7. The zero-order valence-corrected chi connectivity index (χ0v) is 20.5. The highest BCUT2D eigenvalue weighted by Gasteiger charge is 2.13. The zero-order valence-electron chi connectivity index (χ0n) is 18.2. The fourth-order valence-electron chi connectivity index (χ4n) is 2.97. The molecule has 0 aliphatic carbocycles. The van der Waals surface area contributed by atoms with Gasteiger partial charge in [-0.05, 0) is 52.3 Å². The summed E-state index contributed by atoms with van der Waals surface area (Å²) in [6.07, 6.45) is 0. The second-order valence-corrected chi connectivity index (χ2v) is 6.90. The molecule has 0 saturated carbocycles. The van der Waals surface area contributed by atoms with Gasteiger partial charge in [-0.15, -0.1) is 24.0 Å². The fourth-order valence-corrected chi connectivity index (χ4v) is 2.97. The Morgan fingerprint density at radius 1 is 1.07 bits per heavy atom. The minimum atomic E-state index is 0. The molecule has 0 aliphatic heterocycles. The summed E-state index contributed by atoms with van der Waals surface area (Å²) in [4.78, 5) is 7.07. The quantitative estimate of drug-likeness (QED) is 0.256. The fraction of sp³-hybridized carbons (Fsp3) is 0.650. The largest absolute Gasteiger partial charge is 0.502 e. The highest BCUT2D eigenvalue weighted by Crippen LogP contribution is 2.37. The van der Waals surface area contributed by atoms with Crippen LogP contribution in [0.2, 0.25) is 0 Å². The van der Waals surface area contributed by atoms with Crippen LogP contribution in [0, 0.1) is 0 Å². The molecule has 1 aromatic carbocycles. The van der Waals surface area contributed by atoms with Gasteiger partial charge in [0.05, 0.1) is 20.8 Å². The molecule has 1 rings (SSSR count). The molecule has 0 heterocycles. The van der Waals surface area contributed by atoms with E-state index in [1.54, 1.807) is 12.1 Å². The first-order valence-electron chi connectivity index (χ1n) is 9.55. The molecule has 3 N–H and O–H groups in total. The molecule has 0 unspecified atom stereocenters. The van der Waals surface area contributed by atoms with Gasteiger partial charge < -0.3 is 25.2 Å². The third-order valence-corrected chi connectivity index (χ3v) is 4.29. The number of benzene rings is 1. The van der Waals surface area contributed by atoms with Crippen molar-refractivity contribution in [3.63, 3.8) is 0 Å². The van der Waals surface area contributed by atoms with E-state index in [4.69, 9.17) is 9.47 Å². The topological polar surface area (TPSA) is 78.4 Å². The minimum absolute atomic E-state index is 0. The Kier molecular flexibility index (Phi) is 13.0. The number of aliphatic imine (C=N–C) groups is 1. The van der Waals surface area contributed by atoms with Gasteiger partial charge in [-0.3, -0.25) is 4.90 Å². The molecule has 1 aromatic rings. The van der Waals surface area contributed by atoms with Crippen molar-refractivity contribution in [2.24, 2.45) is 4.99 Å². The molecule has 7 nitrogen and oxygen atoms in total. The van der Waals surface area contributed by atoms with Crippen LogP contribution in [0.5, 0.6) is 17.2 Å². The van der Waals surface area contributed by atoms with Crippen molar-refractivity contribution in [3.05, 3.63) is 17.7 Å². The van der Waals surface area contributed by atoms with E-state index in [-0.39, 0.29) is 29.7 Å². The smallest absolute Gasteiger partial charge is 0.200 e. The van der Waals surface area contributed by atoms with Crippen LogP contribution < -0.4 is 20.1 Å². The van der Waals surface area contributed by atoms with Crippen LogP contribution in [0.4, 0.5) is 0 Å². The number of ether oxygens (including phenoxy) is 2. The molecule has 0 spiro atoms. The van der Waals surface area contributed by atoms with E-state index >= 15 is 0 Å². The summed E-state index contributed by atoms with van der Waals surface area (Å²) in [6, 6.07) is 4.54. The molecular formula is C20H37IN4O3. The highest BCUT2D eigenvalue weighted by atomic mass is 127. The van der Waals surface area contributed by atoms with Gasteiger partial charge in [-0.25, -0.2) is 4.99 Å². The molecule has 0 atom stereocenters. The van der Waals surface area contributed by atoms with Gasteiger partial charge in [-0.2, -0.15) is 0 Å². The maximum atomic E-state index is 10.0. The van der Waals surface area contributed by atoms with Crippen molar-refractivity contribution >= 4 is 29.9 Å². The lowest BCUT2D eigenvalue weighted by atomic mass is 10.2. The molecule has 8 heteroatoms. The SMILES string of the molecule is CCNC(=NCc1cc(OC)c(O)c(OC)c1)NCCN(C(C)C)C(C)C.I. The lowest BCUT2D eigenvalue weighted by Crippen LogP contribution is -2.45. The number of hydrogen-bond donors (Lipinski definition) is 3. The summed E-state index contributed by atoms with van der Waals surface area (Å²) >= 11 is 0. The van der Waals surface area contributed by atoms with Crippen molar-refractivity contribution in [1.29, 1.82) is 0 Å². The van der Waals surface area contributed by atoms with Gasteiger partial charge in [-0.1, -0.05) is 0 Å². The maximum absolute atomic E-state index is 10.0. The molecular weight excluding hydrogens is 471 g/mol. The maximum Gasteiger partial charge on any atom is 0.200 e. The standard InChI is InChI=1S/C20H36N4O3.HI/c1-8-21-20(22-9-10-24(14(2)3)15(4)5)23-13-16-11-17(26-6)19(25)18(12-16)27-7;/h11-12,14-15,25H,8-10,13H2,1-7H3,(H2,21,22,23);1H. The molecule has 0 aliphatic rings. The van der Waals surface area contributed by atoms with E-state index in [1.165, 1.54) is 14.2 Å². The number of phenols is 1. The van der Waals surface area contributed by atoms with E-state index in [0.29, 0.717) is 30.1 Å². The molecule has 0 bridgehead atoms. The Labute approximate surface area is 186 Å². The molecule has 28 heavy (non-hydrogen) atoms. The van der Waals surface area contributed by atoms with Crippen LogP contribution >= 0.6 is 24.0 Å². The second-order valence-electron chi connectivity index (χ2n) is 6.90. The summed E-state index contributed by atoms with van der Waals surface area (Å²) < 4.78 is 10.4. The highest BCUT2D eigenvalue weighted by molar-refractivity contribution is 14.0. The van der Waals surface area contributed by atoms with E-state index in [0.717, 1.165) is 31.2 Å². The molecule has 0 saturated heterocycles. The molecule has 162 valence electrons. The van der Waals surface area contributed by atoms with Gasteiger partial charge in [0.1, 0.15) is 0 Å². The molecule has 0 radical (unpaired) electrons. The van der Waals surface area contributed by atoms with Gasteiger partial charge in [0, 0.05) is 31.7 Å². The van der Waals surface area contributed by atoms with Crippen LogP contribution in [0.25, 0.3) is 0 Å². The Balaban J connectivity index is 0.00000729. The lowest BCUT2D eigenvalue weighted by Gasteiger charge is -2.30. The number of aromatic hydroxyl groups is 1. The van der Waals surface area contributed by atoms with Crippen molar-refractivity contribution in [2.45, 2.75) is 53.2 Å². The average Bonchev–Trinajstić information content (AvgIpc) is 2.63. The Morgan fingerprint density at radius 3 is 2.04 bits per heavy atom.